The minimum absolute atomic E-state index is 0.0876. The molecule has 128 valence electrons. The van der Waals surface area contributed by atoms with E-state index in [1.54, 1.807) is 12.1 Å². The highest BCUT2D eigenvalue weighted by Gasteiger charge is 2.32. The van der Waals surface area contributed by atoms with Gasteiger partial charge in [0, 0.05) is 13.1 Å². The van der Waals surface area contributed by atoms with Gasteiger partial charge in [-0.3, -0.25) is 0 Å². The van der Waals surface area contributed by atoms with Crippen molar-refractivity contribution in [3.8, 4) is 11.1 Å². The first-order chi connectivity index (χ1) is 11.4. The van der Waals surface area contributed by atoms with Crippen molar-refractivity contribution >= 4 is 10.0 Å². The Morgan fingerprint density at radius 1 is 0.875 bits per heavy atom. The van der Waals surface area contributed by atoms with Crippen molar-refractivity contribution in [2.24, 2.45) is 0 Å². The Hall–Kier alpha value is -1.69. The molecule has 1 fully saturated rings. The average Bonchev–Trinajstić information content (AvgIpc) is 2.55. The number of benzene rings is 2. The van der Waals surface area contributed by atoms with E-state index in [1.165, 1.54) is 9.87 Å². The van der Waals surface area contributed by atoms with Crippen LogP contribution in [0.1, 0.15) is 19.4 Å². The van der Waals surface area contributed by atoms with Crippen molar-refractivity contribution in [1.29, 1.82) is 0 Å². The predicted molar refractivity (Wildman–Crippen MR) is 95.4 cm³/mol. The fourth-order valence-electron chi connectivity index (χ4n) is 3.04. The molecule has 2 aromatic carbocycles. The van der Waals surface area contributed by atoms with Gasteiger partial charge in [-0.1, -0.05) is 42.0 Å². The highest BCUT2D eigenvalue weighted by molar-refractivity contribution is 7.89. The normalized spacial score (nSPS) is 22.5. The highest BCUT2D eigenvalue weighted by atomic mass is 32.2. The van der Waals surface area contributed by atoms with Gasteiger partial charge in [-0.2, -0.15) is 4.31 Å². The number of ether oxygens (including phenoxy) is 1. The van der Waals surface area contributed by atoms with Crippen molar-refractivity contribution in [3.05, 3.63) is 54.1 Å². The Kier molecular flexibility index (Phi) is 4.76. The van der Waals surface area contributed by atoms with Gasteiger partial charge in [-0.15, -0.1) is 0 Å². The fraction of sp³-hybridized carbons (Fsp3) is 0.368. The summed E-state index contributed by atoms with van der Waals surface area (Å²) in [5.41, 5.74) is 3.30. The highest BCUT2D eigenvalue weighted by Crippen LogP contribution is 2.25. The first kappa shape index (κ1) is 17.1. The molecule has 4 nitrogen and oxygen atoms in total. The van der Waals surface area contributed by atoms with Gasteiger partial charge in [0.05, 0.1) is 17.1 Å². The number of morpholine rings is 1. The maximum absolute atomic E-state index is 12.8. The van der Waals surface area contributed by atoms with Crippen LogP contribution in [0.25, 0.3) is 11.1 Å². The van der Waals surface area contributed by atoms with Crippen LogP contribution in [0.4, 0.5) is 0 Å². The maximum Gasteiger partial charge on any atom is 0.243 e. The first-order valence-electron chi connectivity index (χ1n) is 8.19. The van der Waals surface area contributed by atoms with Crippen molar-refractivity contribution in [2.75, 3.05) is 13.1 Å². The summed E-state index contributed by atoms with van der Waals surface area (Å²) in [6, 6.07) is 15.3. The Bertz CT molecular complexity index is 788. The Morgan fingerprint density at radius 2 is 1.33 bits per heavy atom. The van der Waals surface area contributed by atoms with Gasteiger partial charge in [-0.05, 0) is 44.0 Å². The lowest BCUT2D eigenvalue weighted by Crippen LogP contribution is -2.48. The summed E-state index contributed by atoms with van der Waals surface area (Å²) < 4.78 is 32.8. The third-order valence-corrected chi connectivity index (χ3v) is 6.11. The molecule has 2 atom stereocenters. The van der Waals surface area contributed by atoms with Crippen LogP contribution in [-0.4, -0.2) is 38.0 Å². The molecular weight excluding hydrogens is 322 g/mol. The summed E-state index contributed by atoms with van der Waals surface area (Å²) in [6.07, 6.45) is -0.175. The minimum atomic E-state index is -3.48. The van der Waals surface area contributed by atoms with Gasteiger partial charge in [0.1, 0.15) is 0 Å². The molecule has 0 spiro atoms. The maximum atomic E-state index is 12.8. The zero-order valence-electron chi connectivity index (χ0n) is 14.3. The summed E-state index contributed by atoms with van der Waals surface area (Å²) in [5, 5.41) is 0. The number of sulfonamides is 1. The first-order valence-corrected chi connectivity index (χ1v) is 9.63. The molecule has 0 bridgehead atoms. The molecule has 3 rings (SSSR count). The second kappa shape index (κ2) is 6.67. The standard InChI is InChI=1S/C19H23NO3S/c1-14-4-6-17(7-5-14)18-8-10-19(11-9-18)24(21,22)20-12-15(2)23-16(3)13-20/h4-11,15-16H,12-13H2,1-3H3/t15-,16-/m1/s1. The minimum Gasteiger partial charge on any atom is -0.373 e. The van der Waals surface area contributed by atoms with Gasteiger partial charge >= 0.3 is 0 Å². The molecular formula is C19H23NO3S. The molecule has 0 radical (unpaired) electrons. The smallest absolute Gasteiger partial charge is 0.243 e. The second-order valence-electron chi connectivity index (χ2n) is 6.47. The van der Waals surface area contributed by atoms with Crippen LogP contribution < -0.4 is 0 Å². The average molecular weight is 345 g/mol. The Labute approximate surface area is 144 Å². The third-order valence-electron chi connectivity index (χ3n) is 4.26. The molecule has 0 saturated carbocycles. The number of nitrogens with zero attached hydrogens (tertiary/aromatic N) is 1. The largest absolute Gasteiger partial charge is 0.373 e. The number of rotatable bonds is 3. The van der Waals surface area contributed by atoms with Gasteiger partial charge < -0.3 is 4.74 Å². The quantitative estimate of drug-likeness (QED) is 0.856. The molecule has 0 amide bonds. The zero-order valence-corrected chi connectivity index (χ0v) is 15.1. The number of aryl methyl sites for hydroxylation is 1. The fourth-order valence-corrected chi connectivity index (χ4v) is 4.63. The molecule has 1 saturated heterocycles. The summed E-state index contributed by atoms with van der Waals surface area (Å²) in [7, 11) is -3.48. The second-order valence-corrected chi connectivity index (χ2v) is 8.41. The van der Waals surface area contributed by atoms with Crippen LogP contribution in [0.5, 0.6) is 0 Å². The van der Waals surface area contributed by atoms with E-state index in [9.17, 15) is 8.42 Å². The molecule has 0 aromatic heterocycles. The van der Waals surface area contributed by atoms with E-state index in [1.807, 2.05) is 45.0 Å². The van der Waals surface area contributed by atoms with Crippen molar-refractivity contribution in [1.82, 2.24) is 4.31 Å². The SMILES string of the molecule is Cc1ccc(-c2ccc(S(=O)(=O)N3C[C@@H](C)O[C@H](C)C3)cc2)cc1. The molecule has 1 heterocycles. The van der Waals surface area contributed by atoms with Gasteiger partial charge in [0.2, 0.25) is 10.0 Å². The van der Waals surface area contributed by atoms with E-state index in [-0.39, 0.29) is 12.2 Å². The lowest BCUT2D eigenvalue weighted by Gasteiger charge is -2.34. The topological polar surface area (TPSA) is 46.6 Å². The van der Waals surface area contributed by atoms with Crippen molar-refractivity contribution in [3.63, 3.8) is 0 Å². The van der Waals surface area contributed by atoms with Crippen LogP contribution in [-0.2, 0) is 14.8 Å². The van der Waals surface area contributed by atoms with E-state index in [0.717, 1.165) is 11.1 Å². The predicted octanol–water partition coefficient (Wildman–Crippen LogP) is 3.46. The van der Waals surface area contributed by atoms with E-state index in [2.05, 4.69) is 12.1 Å². The molecule has 2 aromatic rings. The molecule has 1 aliphatic heterocycles. The lowest BCUT2D eigenvalue weighted by atomic mass is 10.0. The number of hydrogen-bond donors (Lipinski definition) is 0. The van der Waals surface area contributed by atoms with Gasteiger partial charge in [0.15, 0.2) is 0 Å². The van der Waals surface area contributed by atoms with Crippen LogP contribution >= 0.6 is 0 Å². The molecule has 0 aliphatic carbocycles. The van der Waals surface area contributed by atoms with E-state index in [0.29, 0.717) is 18.0 Å². The Morgan fingerprint density at radius 3 is 1.83 bits per heavy atom. The summed E-state index contributed by atoms with van der Waals surface area (Å²) in [6.45, 7) is 6.64. The molecule has 1 aliphatic rings. The number of hydrogen-bond acceptors (Lipinski definition) is 3. The van der Waals surface area contributed by atoms with Crippen LogP contribution in [0.3, 0.4) is 0 Å². The lowest BCUT2D eigenvalue weighted by molar-refractivity contribution is -0.0440. The summed E-state index contributed by atoms with van der Waals surface area (Å²) >= 11 is 0. The molecule has 0 unspecified atom stereocenters. The Balaban J connectivity index is 1.85. The van der Waals surface area contributed by atoms with Crippen LogP contribution in [0, 0.1) is 6.92 Å². The molecule has 5 heteroatoms. The molecule has 24 heavy (non-hydrogen) atoms. The summed E-state index contributed by atoms with van der Waals surface area (Å²) in [4.78, 5) is 0.333. The van der Waals surface area contributed by atoms with E-state index < -0.39 is 10.0 Å². The van der Waals surface area contributed by atoms with E-state index >= 15 is 0 Å². The van der Waals surface area contributed by atoms with Crippen molar-refractivity contribution < 1.29 is 13.2 Å². The van der Waals surface area contributed by atoms with Crippen LogP contribution in [0.2, 0.25) is 0 Å². The van der Waals surface area contributed by atoms with E-state index in [4.69, 9.17) is 4.74 Å². The van der Waals surface area contributed by atoms with Crippen molar-refractivity contribution in [2.45, 2.75) is 37.9 Å². The monoisotopic (exact) mass is 345 g/mol. The summed E-state index contributed by atoms with van der Waals surface area (Å²) in [5.74, 6) is 0. The zero-order chi connectivity index (χ0) is 17.3. The van der Waals surface area contributed by atoms with Crippen LogP contribution in [0.15, 0.2) is 53.4 Å². The van der Waals surface area contributed by atoms with Gasteiger partial charge in [-0.25, -0.2) is 8.42 Å². The molecule has 0 N–H and O–H groups in total. The van der Waals surface area contributed by atoms with Gasteiger partial charge in [0.25, 0.3) is 0 Å². The third kappa shape index (κ3) is 3.53.